The number of carbonyl (C=O) groups is 1. The van der Waals surface area contributed by atoms with Crippen molar-refractivity contribution in [2.45, 2.75) is 6.18 Å². The lowest BCUT2D eigenvalue weighted by molar-refractivity contribution is -0.137. The Morgan fingerprint density at radius 1 is 1.25 bits per heavy atom. The lowest BCUT2D eigenvalue weighted by Crippen LogP contribution is -2.07. The van der Waals surface area contributed by atoms with Crippen LogP contribution in [0.1, 0.15) is 16.1 Å². The number of carboxylic acid groups (broad SMARTS) is 1. The van der Waals surface area contributed by atoms with Gasteiger partial charge in [-0.2, -0.15) is 13.2 Å². The van der Waals surface area contributed by atoms with Crippen molar-refractivity contribution in [3.05, 3.63) is 46.6 Å². The molecule has 1 aromatic carbocycles. The molecule has 0 unspecified atom stereocenters. The summed E-state index contributed by atoms with van der Waals surface area (Å²) in [6.45, 7) is 0. The minimum Gasteiger partial charge on any atom is -0.477 e. The van der Waals surface area contributed by atoms with Crippen LogP contribution in [0.2, 0.25) is 5.02 Å². The highest BCUT2D eigenvalue weighted by atomic mass is 35.5. The molecule has 0 atom stereocenters. The van der Waals surface area contributed by atoms with Gasteiger partial charge in [0.2, 0.25) is 0 Å². The van der Waals surface area contributed by atoms with Crippen LogP contribution in [0.3, 0.4) is 0 Å². The molecule has 0 bridgehead atoms. The summed E-state index contributed by atoms with van der Waals surface area (Å²) in [6.07, 6.45) is -4.49. The second-order valence-corrected chi connectivity index (χ2v) is 4.57. The van der Waals surface area contributed by atoms with Crippen LogP contribution in [-0.2, 0) is 13.2 Å². The normalized spacial score (nSPS) is 11.7. The Bertz CT molecular complexity index is 677. The van der Waals surface area contributed by atoms with Gasteiger partial charge in [0, 0.05) is 23.3 Å². The van der Waals surface area contributed by atoms with E-state index in [1.165, 1.54) is 23.7 Å². The molecule has 0 aliphatic heterocycles. The lowest BCUT2D eigenvalue weighted by Gasteiger charge is -2.11. The van der Waals surface area contributed by atoms with Crippen LogP contribution >= 0.6 is 11.6 Å². The number of nitrogens with zero attached hydrogens (tertiary/aromatic N) is 1. The van der Waals surface area contributed by atoms with Crippen molar-refractivity contribution >= 4 is 17.6 Å². The fourth-order valence-corrected chi connectivity index (χ4v) is 2.11. The third-order valence-corrected chi connectivity index (χ3v) is 3.24. The molecule has 1 aromatic heterocycles. The lowest BCUT2D eigenvalue weighted by atomic mass is 10.1. The molecule has 0 aliphatic carbocycles. The molecule has 0 amide bonds. The molecular weight excluding hydrogens is 295 g/mol. The van der Waals surface area contributed by atoms with Gasteiger partial charge in [0.15, 0.2) is 0 Å². The SMILES string of the molecule is Cn1c(C(=O)O)ccc1-c1cc(C(F)(F)F)ccc1Cl. The van der Waals surface area contributed by atoms with Gasteiger partial charge in [-0.15, -0.1) is 0 Å². The predicted molar refractivity (Wildman–Crippen MR) is 67.8 cm³/mol. The zero-order chi connectivity index (χ0) is 15.1. The van der Waals surface area contributed by atoms with E-state index < -0.39 is 17.7 Å². The van der Waals surface area contributed by atoms with Gasteiger partial charge < -0.3 is 9.67 Å². The van der Waals surface area contributed by atoms with Crippen molar-refractivity contribution < 1.29 is 23.1 Å². The van der Waals surface area contributed by atoms with Crippen molar-refractivity contribution in [3.8, 4) is 11.3 Å². The molecule has 20 heavy (non-hydrogen) atoms. The quantitative estimate of drug-likeness (QED) is 0.909. The monoisotopic (exact) mass is 303 g/mol. The molecule has 3 nitrogen and oxygen atoms in total. The standard InChI is InChI=1S/C13H9ClF3NO2/c1-18-10(4-5-11(18)12(19)20)8-6-7(13(15,16)17)2-3-9(8)14/h2-6H,1H3,(H,19,20). The smallest absolute Gasteiger partial charge is 0.416 e. The maximum absolute atomic E-state index is 12.7. The molecule has 0 spiro atoms. The third kappa shape index (κ3) is 2.51. The second kappa shape index (κ2) is 4.86. The Labute approximate surface area is 117 Å². The molecule has 0 aliphatic rings. The molecule has 1 heterocycles. The van der Waals surface area contributed by atoms with E-state index in [-0.39, 0.29) is 16.3 Å². The average Bonchev–Trinajstić information content (AvgIpc) is 2.70. The van der Waals surface area contributed by atoms with Crippen molar-refractivity contribution in [2.75, 3.05) is 0 Å². The number of aromatic carboxylic acids is 1. The summed E-state index contributed by atoms with van der Waals surface area (Å²) < 4.78 is 39.4. The molecule has 0 saturated carbocycles. The largest absolute Gasteiger partial charge is 0.477 e. The average molecular weight is 304 g/mol. The van der Waals surface area contributed by atoms with Gasteiger partial charge in [0.1, 0.15) is 5.69 Å². The molecule has 7 heteroatoms. The Morgan fingerprint density at radius 3 is 2.40 bits per heavy atom. The number of rotatable bonds is 2. The van der Waals surface area contributed by atoms with Gasteiger partial charge in [-0.1, -0.05) is 11.6 Å². The number of halogens is 4. The van der Waals surface area contributed by atoms with Crippen LogP contribution in [0, 0.1) is 0 Å². The van der Waals surface area contributed by atoms with Crippen LogP contribution in [0.5, 0.6) is 0 Å². The van der Waals surface area contributed by atoms with Gasteiger partial charge in [-0.3, -0.25) is 0 Å². The highest BCUT2D eigenvalue weighted by Crippen LogP contribution is 2.36. The molecule has 0 radical (unpaired) electrons. The van der Waals surface area contributed by atoms with Gasteiger partial charge in [-0.05, 0) is 30.3 Å². The van der Waals surface area contributed by atoms with E-state index in [0.717, 1.165) is 18.2 Å². The second-order valence-electron chi connectivity index (χ2n) is 4.16. The Morgan fingerprint density at radius 2 is 1.90 bits per heavy atom. The van der Waals surface area contributed by atoms with E-state index in [2.05, 4.69) is 0 Å². The number of aromatic nitrogens is 1. The van der Waals surface area contributed by atoms with E-state index in [1.807, 2.05) is 0 Å². The van der Waals surface area contributed by atoms with Crippen molar-refractivity contribution in [1.29, 1.82) is 0 Å². The van der Waals surface area contributed by atoms with Gasteiger partial charge in [-0.25, -0.2) is 4.79 Å². The molecule has 106 valence electrons. The van der Waals surface area contributed by atoms with Crippen LogP contribution in [0.4, 0.5) is 13.2 Å². The van der Waals surface area contributed by atoms with E-state index in [4.69, 9.17) is 16.7 Å². The highest BCUT2D eigenvalue weighted by Gasteiger charge is 2.31. The summed E-state index contributed by atoms with van der Waals surface area (Å²) in [4.78, 5) is 10.9. The summed E-state index contributed by atoms with van der Waals surface area (Å²) in [5.41, 5.74) is -0.432. The summed E-state index contributed by atoms with van der Waals surface area (Å²) in [5.74, 6) is -1.16. The van der Waals surface area contributed by atoms with Gasteiger partial charge in [0.05, 0.1) is 5.56 Å². The molecule has 0 fully saturated rings. The van der Waals surface area contributed by atoms with Crippen LogP contribution in [0.15, 0.2) is 30.3 Å². The summed E-state index contributed by atoms with van der Waals surface area (Å²) >= 11 is 5.91. The molecule has 2 aromatic rings. The van der Waals surface area contributed by atoms with E-state index in [0.29, 0.717) is 5.69 Å². The first-order valence-electron chi connectivity index (χ1n) is 5.48. The van der Waals surface area contributed by atoms with E-state index in [9.17, 15) is 18.0 Å². The molecule has 2 rings (SSSR count). The van der Waals surface area contributed by atoms with Crippen molar-refractivity contribution in [1.82, 2.24) is 4.57 Å². The topological polar surface area (TPSA) is 42.2 Å². The first-order valence-corrected chi connectivity index (χ1v) is 5.85. The maximum Gasteiger partial charge on any atom is 0.416 e. The highest BCUT2D eigenvalue weighted by molar-refractivity contribution is 6.33. The Kier molecular flexibility index (Phi) is 3.52. The van der Waals surface area contributed by atoms with Crippen LogP contribution < -0.4 is 0 Å². The fourth-order valence-electron chi connectivity index (χ4n) is 1.89. The maximum atomic E-state index is 12.7. The molecule has 1 N–H and O–H groups in total. The number of carboxylic acids is 1. The van der Waals surface area contributed by atoms with Gasteiger partial charge in [0.25, 0.3) is 0 Å². The van der Waals surface area contributed by atoms with E-state index >= 15 is 0 Å². The summed E-state index contributed by atoms with van der Waals surface area (Å²) in [6, 6.07) is 5.67. The van der Waals surface area contributed by atoms with Crippen LogP contribution in [-0.4, -0.2) is 15.6 Å². The number of hydrogen-bond acceptors (Lipinski definition) is 1. The minimum atomic E-state index is -4.49. The number of hydrogen-bond donors (Lipinski definition) is 1. The van der Waals surface area contributed by atoms with Gasteiger partial charge >= 0.3 is 12.1 Å². The Balaban J connectivity index is 2.61. The third-order valence-electron chi connectivity index (χ3n) is 2.91. The summed E-state index contributed by atoms with van der Waals surface area (Å²) in [5, 5.41) is 9.07. The Hall–Kier alpha value is -1.95. The fraction of sp³-hybridized carbons (Fsp3) is 0.154. The number of alkyl halides is 3. The van der Waals surface area contributed by atoms with Crippen molar-refractivity contribution in [3.63, 3.8) is 0 Å². The predicted octanol–water partition coefficient (Wildman–Crippen LogP) is 4.06. The van der Waals surface area contributed by atoms with Crippen molar-refractivity contribution in [2.24, 2.45) is 7.05 Å². The summed E-state index contributed by atoms with van der Waals surface area (Å²) in [7, 11) is 1.45. The number of benzene rings is 1. The minimum absolute atomic E-state index is 0.0338. The first-order chi connectivity index (χ1) is 9.21. The zero-order valence-electron chi connectivity index (χ0n) is 10.2. The molecule has 0 saturated heterocycles. The zero-order valence-corrected chi connectivity index (χ0v) is 11.0. The van der Waals surface area contributed by atoms with E-state index in [1.54, 1.807) is 0 Å². The first kappa shape index (κ1) is 14.5. The van der Waals surface area contributed by atoms with Crippen LogP contribution in [0.25, 0.3) is 11.3 Å². The molecular formula is C13H9ClF3NO2.